The maximum Gasteiger partial charge on any atom is 0.222 e. The van der Waals surface area contributed by atoms with Crippen molar-refractivity contribution in [3.63, 3.8) is 0 Å². The van der Waals surface area contributed by atoms with Crippen molar-refractivity contribution >= 4 is 5.91 Å². The monoisotopic (exact) mass is 201 g/mol. The van der Waals surface area contributed by atoms with Crippen molar-refractivity contribution in [2.24, 2.45) is 17.4 Å². The smallest absolute Gasteiger partial charge is 0.222 e. The first-order valence-corrected chi connectivity index (χ1v) is 5.32. The Morgan fingerprint density at radius 3 is 2.36 bits per heavy atom. The van der Waals surface area contributed by atoms with Crippen molar-refractivity contribution in [1.29, 1.82) is 0 Å². The third kappa shape index (κ3) is 5.94. The van der Waals surface area contributed by atoms with E-state index in [-0.39, 0.29) is 17.9 Å². The highest BCUT2D eigenvalue weighted by molar-refractivity contribution is 5.78. The van der Waals surface area contributed by atoms with Crippen LogP contribution in [0.4, 0.5) is 0 Å². The third-order valence-corrected chi connectivity index (χ3v) is 2.16. The molecule has 0 saturated carbocycles. The van der Waals surface area contributed by atoms with Gasteiger partial charge in [0.15, 0.2) is 0 Å². The maximum absolute atomic E-state index is 11.4. The number of carbonyl (C=O) groups is 1. The number of nitrogens with one attached hydrogen (secondary N) is 1. The summed E-state index contributed by atoms with van der Waals surface area (Å²) in [6, 6.07) is 0.108. The summed E-state index contributed by atoms with van der Waals surface area (Å²) >= 11 is 0. The molecule has 0 aromatic rings. The average Bonchev–Trinajstić information content (AvgIpc) is 2.16. The number of amides is 1. The van der Waals surface area contributed by atoms with Crippen LogP contribution in [0.25, 0.3) is 0 Å². The molecule has 5 N–H and O–H groups in total. The first-order valence-electron chi connectivity index (χ1n) is 5.32. The van der Waals surface area contributed by atoms with Gasteiger partial charge < -0.3 is 16.8 Å². The molecule has 14 heavy (non-hydrogen) atoms. The van der Waals surface area contributed by atoms with Gasteiger partial charge >= 0.3 is 0 Å². The Kier molecular flexibility index (Phi) is 7.42. The van der Waals surface area contributed by atoms with Crippen LogP contribution in [0.1, 0.15) is 33.1 Å². The SMILES string of the molecule is CC(C)C(=O)NC(CN)CCCCN. The third-order valence-electron chi connectivity index (χ3n) is 2.16. The summed E-state index contributed by atoms with van der Waals surface area (Å²) in [6.45, 7) is 4.96. The quantitative estimate of drug-likeness (QED) is 0.515. The van der Waals surface area contributed by atoms with E-state index in [4.69, 9.17) is 11.5 Å². The number of unbranched alkanes of at least 4 members (excludes halogenated alkanes) is 1. The van der Waals surface area contributed by atoms with Crippen LogP contribution >= 0.6 is 0 Å². The molecule has 0 rings (SSSR count). The van der Waals surface area contributed by atoms with Crippen molar-refractivity contribution in [3.8, 4) is 0 Å². The van der Waals surface area contributed by atoms with E-state index in [2.05, 4.69) is 5.32 Å². The van der Waals surface area contributed by atoms with Gasteiger partial charge in [0, 0.05) is 18.5 Å². The molecule has 0 heterocycles. The Hall–Kier alpha value is -0.610. The second kappa shape index (κ2) is 7.76. The van der Waals surface area contributed by atoms with Crippen molar-refractivity contribution in [2.45, 2.75) is 39.2 Å². The molecule has 0 saturated heterocycles. The van der Waals surface area contributed by atoms with E-state index >= 15 is 0 Å². The zero-order chi connectivity index (χ0) is 11.0. The van der Waals surface area contributed by atoms with Crippen LogP contribution < -0.4 is 16.8 Å². The van der Waals surface area contributed by atoms with Gasteiger partial charge in [-0.3, -0.25) is 4.79 Å². The average molecular weight is 201 g/mol. The molecule has 0 fully saturated rings. The molecule has 0 aliphatic heterocycles. The molecule has 0 radical (unpaired) electrons. The molecule has 0 spiro atoms. The van der Waals surface area contributed by atoms with Crippen LogP contribution in [0, 0.1) is 5.92 Å². The van der Waals surface area contributed by atoms with Crippen LogP contribution in [0.3, 0.4) is 0 Å². The highest BCUT2D eigenvalue weighted by atomic mass is 16.1. The van der Waals surface area contributed by atoms with Gasteiger partial charge in [0.25, 0.3) is 0 Å². The molecule has 0 bridgehead atoms. The maximum atomic E-state index is 11.4. The summed E-state index contributed by atoms with van der Waals surface area (Å²) in [5.74, 6) is 0.103. The summed E-state index contributed by atoms with van der Waals surface area (Å²) in [5.41, 5.74) is 10.9. The predicted molar refractivity (Wildman–Crippen MR) is 58.7 cm³/mol. The van der Waals surface area contributed by atoms with E-state index in [9.17, 15) is 4.79 Å². The summed E-state index contributed by atoms with van der Waals surface area (Å²) in [4.78, 5) is 11.4. The van der Waals surface area contributed by atoms with E-state index in [0.29, 0.717) is 13.1 Å². The van der Waals surface area contributed by atoms with E-state index < -0.39 is 0 Å². The lowest BCUT2D eigenvalue weighted by atomic mass is 10.1. The van der Waals surface area contributed by atoms with E-state index in [1.807, 2.05) is 13.8 Å². The van der Waals surface area contributed by atoms with Gasteiger partial charge in [0.2, 0.25) is 5.91 Å². The summed E-state index contributed by atoms with van der Waals surface area (Å²) in [5, 5.41) is 2.92. The summed E-state index contributed by atoms with van der Waals surface area (Å²) in [6.07, 6.45) is 2.94. The van der Waals surface area contributed by atoms with E-state index in [0.717, 1.165) is 19.3 Å². The minimum atomic E-state index is 0.0264. The fourth-order valence-electron chi connectivity index (χ4n) is 1.15. The number of hydrogen-bond acceptors (Lipinski definition) is 3. The van der Waals surface area contributed by atoms with Gasteiger partial charge in [0.05, 0.1) is 0 Å². The van der Waals surface area contributed by atoms with E-state index in [1.54, 1.807) is 0 Å². The topological polar surface area (TPSA) is 81.1 Å². The molecular formula is C10H23N3O. The molecule has 1 unspecified atom stereocenters. The molecule has 4 heteroatoms. The van der Waals surface area contributed by atoms with Crippen molar-refractivity contribution in [3.05, 3.63) is 0 Å². The molecular weight excluding hydrogens is 178 g/mol. The largest absolute Gasteiger partial charge is 0.352 e. The van der Waals surface area contributed by atoms with Gasteiger partial charge in [0.1, 0.15) is 0 Å². The minimum absolute atomic E-state index is 0.0264. The first kappa shape index (κ1) is 13.4. The normalized spacial score (nSPS) is 12.9. The van der Waals surface area contributed by atoms with Crippen LogP contribution in [0.2, 0.25) is 0 Å². The lowest BCUT2D eigenvalue weighted by molar-refractivity contribution is -0.124. The van der Waals surface area contributed by atoms with Gasteiger partial charge in [-0.05, 0) is 19.4 Å². The lowest BCUT2D eigenvalue weighted by Crippen LogP contribution is -2.42. The molecule has 84 valence electrons. The minimum Gasteiger partial charge on any atom is -0.352 e. The van der Waals surface area contributed by atoms with Crippen LogP contribution in [-0.2, 0) is 4.79 Å². The molecule has 0 aromatic heterocycles. The van der Waals surface area contributed by atoms with Gasteiger partial charge in [-0.25, -0.2) is 0 Å². The van der Waals surface area contributed by atoms with Gasteiger partial charge in [-0.1, -0.05) is 20.3 Å². The second-order valence-electron chi connectivity index (χ2n) is 3.88. The highest BCUT2D eigenvalue weighted by Crippen LogP contribution is 2.01. The van der Waals surface area contributed by atoms with Crippen molar-refractivity contribution in [1.82, 2.24) is 5.32 Å². The summed E-state index contributed by atoms with van der Waals surface area (Å²) < 4.78 is 0. The highest BCUT2D eigenvalue weighted by Gasteiger charge is 2.12. The standard InChI is InChI=1S/C10H23N3O/c1-8(2)10(14)13-9(7-12)5-3-4-6-11/h8-9H,3-7,11-12H2,1-2H3,(H,13,14). The lowest BCUT2D eigenvalue weighted by Gasteiger charge is -2.17. The van der Waals surface area contributed by atoms with Crippen molar-refractivity contribution < 1.29 is 4.79 Å². The molecule has 0 aliphatic carbocycles. The molecule has 1 amide bonds. The van der Waals surface area contributed by atoms with Gasteiger partial charge in [-0.15, -0.1) is 0 Å². The Labute approximate surface area is 86.4 Å². The van der Waals surface area contributed by atoms with Crippen LogP contribution in [0.15, 0.2) is 0 Å². The zero-order valence-corrected chi connectivity index (χ0v) is 9.25. The Morgan fingerprint density at radius 1 is 1.29 bits per heavy atom. The van der Waals surface area contributed by atoms with E-state index in [1.165, 1.54) is 0 Å². The number of hydrogen-bond donors (Lipinski definition) is 3. The van der Waals surface area contributed by atoms with Crippen molar-refractivity contribution in [2.75, 3.05) is 13.1 Å². The fraction of sp³-hybridized carbons (Fsp3) is 0.900. The number of carbonyl (C=O) groups excluding carboxylic acids is 1. The number of nitrogens with two attached hydrogens (primary N) is 2. The van der Waals surface area contributed by atoms with Crippen LogP contribution in [-0.4, -0.2) is 25.0 Å². The number of rotatable bonds is 7. The zero-order valence-electron chi connectivity index (χ0n) is 9.25. The first-order chi connectivity index (χ1) is 6.61. The molecule has 1 atom stereocenters. The molecule has 0 aromatic carbocycles. The fourth-order valence-corrected chi connectivity index (χ4v) is 1.15. The Bertz CT molecular complexity index is 159. The Balaban J connectivity index is 3.73. The predicted octanol–water partition coefficient (Wildman–Crippen LogP) is 0.215. The van der Waals surface area contributed by atoms with Crippen LogP contribution in [0.5, 0.6) is 0 Å². The molecule has 0 aliphatic rings. The second-order valence-corrected chi connectivity index (χ2v) is 3.88. The summed E-state index contributed by atoms with van der Waals surface area (Å²) in [7, 11) is 0. The van der Waals surface area contributed by atoms with Gasteiger partial charge in [-0.2, -0.15) is 0 Å². The Morgan fingerprint density at radius 2 is 1.93 bits per heavy atom. The molecule has 4 nitrogen and oxygen atoms in total.